The minimum Gasteiger partial charge on any atom is -0.387 e. The van der Waals surface area contributed by atoms with Crippen molar-refractivity contribution < 1.29 is 27.2 Å². The van der Waals surface area contributed by atoms with Crippen molar-refractivity contribution in [1.29, 1.82) is 0 Å². The van der Waals surface area contributed by atoms with E-state index in [0.717, 1.165) is 5.56 Å². The van der Waals surface area contributed by atoms with Gasteiger partial charge in [-0.1, -0.05) is 29.3 Å². The fourth-order valence-corrected chi connectivity index (χ4v) is 5.08. The first-order valence-electron chi connectivity index (χ1n) is 9.98. The highest BCUT2D eigenvalue weighted by Gasteiger charge is 2.64. The smallest absolute Gasteiger partial charge is 0.297 e. The van der Waals surface area contributed by atoms with E-state index in [2.05, 4.69) is 6.08 Å². The Bertz CT molecular complexity index is 900. The maximum atomic E-state index is 12.6. The molecule has 0 spiro atoms. The van der Waals surface area contributed by atoms with E-state index in [1.807, 2.05) is 27.7 Å². The summed E-state index contributed by atoms with van der Waals surface area (Å²) in [7, 11) is -4.01. The summed E-state index contributed by atoms with van der Waals surface area (Å²) in [4.78, 5) is 12.2. The Kier molecular flexibility index (Phi) is 6.07. The summed E-state index contributed by atoms with van der Waals surface area (Å²) >= 11 is 0. The summed E-state index contributed by atoms with van der Waals surface area (Å²) in [6.07, 6.45) is 3.18. The molecule has 1 saturated carbocycles. The van der Waals surface area contributed by atoms with Gasteiger partial charge in [0.25, 0.3) is 10.1 Å². The van der Waals surface area contributed by atoms with Crippen LogP contribution in [0.2, 0.25) is 0 Å². The van der Waals surface area contributed by atoms with Crippen LogP contribution in [0.15, 0.2) is 40.8 Å². The van der Waals surface area contributed by atoms with E-state index >= 15 is 0 Å². The molecule has 1 aromatic rings. The summed E-state index contributed by atoms with van der Waals surface area (Å²) < 4.78 is 36.3. The Balaban J connectivity index is 1.76. The largest absolute Gasteiger partial charge is 0.387 e. The molecule has 0 bridgehead atoms. The quantitative estimate of drug-likeness (QED) is 0.412. The predicted molar refractivity (Wildman–Crippen MR) is 109 cm³/mol. The first kappa shape index (κ1) is 22.2. The second kappa shape index (κ2) is 7.95. The van der Waals surface area contributed by atoms with Crippen LogP contribution in [0.4, 0.5) is 0 Å². The number of allylic oxidation sites excluding steroid dienone is 1. The van der Waals surface area contributed by atoms with Gasteiger partial charge in [0.2, 0.25) is 0 Å². The molecule has 1 aromatic carbocycles. The number of rotatable bonds is 7. The number of Topliss-reactive ketones (excluding diaryl/α,β-unsaturated/α-hetero) is 1. The fraction of sp³-hybridized carbons (Fsp3) is 0.591. The third-order valence-electron chi connectivity index (χ3n) is 6.10. The number of carbonyl (C=O) groups excluding carboxylic acids is 1. The van der Waals surface area contributed by atoms with Crippen molar-refractivity contribution in [3.8, 4) is 0 Å². The molecule has 0 amide bonds. The van der Waals surface area contributed by atoms with Gasteiger partial charge in [-0.3, -0.25) is 8.98 Å². The monoisotopic (exact) mass is 422 g/mol. The first-order valence-corrected chi connectivity index (χ1v) is 11.4. The Morgan fingerprint density at radius 2 is 1.97 bits per heavy atom. The Morgan fingerprint density at radius 1 is 1.31 bits per heavy atom. The summed E-state index contributed by atoms with van der Waals surface area (Å²) in [5.41, 5.74) is -0.00603. The third-order valence-corrected chi connectivity index (χ3v) is 7.38. The van der Waals surface area contributed by atoms with Gasteiger partial charge in [0.05, 0.1) is 28.8 Å². The minimum absolute atomic E-state index is 0.0467. The molecule has 29 heavy (non-hydrogen) atoms. The molecule has 1 aliphatic heterocycles. The Morgan fingerprint density at radius 3 is 2.59 bits per heavy atom. The Labute approximate surface area is 173 Å². The van der Waals surface area contributed by atoms with Gasteiger partial charge >= 0.3 is 0 Å². The van der Waals surface area contributed by atoms with E-state index in [9.17, 15) is 18.3 Å². The van der Waals surface area contributed by atoms with Crippen molar-refractivity contribution in [2.75, 3.05) is 6.61 Å². The molecule has 6 nitrogen and oxygen atoms in total. The molecular weight excluding hydrogens is 392 g/mol. The summed E-state index contributed by atoms with van der Waals surface area (Å²) in [6.45, 7) is 7.37. The zero-order valence-electron chi connectivity index (χ0n) is 17.5. The maximum absolute atomic E-state index is 12.6. The van der Waals surface area contributed by atoms with Gasteiger partial charge in [-0.25, -0.2) is 0 Å². The fourth-order valence-electron chi connectivity index (χ4n) is 4.12. The topological polar surface area (TPSA) is 93.2 Å². The number of ketones is 1. The van der Waals surface area contributed by atoms with Gasteiger partial charge < -0.3 is 9.84 Å². The van der Waals surface area contributed by atoms with Crippen molar-refractivity contribution in [2.45, 2.75) is 75.6 Å². The average Bonchev–Trinajstić information content (AvgIpc) is 3.32. The molecule has 1 N–H and O–H groups in total. The number of ether oxygens (including phenoxy) is 1. The predicted octanol–water partition coefficient (Wildman–Crippen LogP) is 3.31. The normalized spacial score (nSPS) is 32.1. The molecule has 1 saturated heterocycles. The zero-order chi connectivity index (χ0) is 21.4. The van der Waals surface area contributed by atoms with Crippen LogP contribution < -0.4 is 0 Å². The molecule has 3 rings (SSSR count). The molecule has 0 radical (unpaired) electrons. The van der Waals surface area contributed by atoms with E-state index in [4.69, 9.17) is 8.92 Å². The van der Waals surface area contributed by atoms with Gasteiger partial charge in [0.15, 0.2) is 0 Å². The lowest BCUT2D eigenvalue weighted by Crippen LogP contribution is -2.53. The molecular formula is C22H30O6S. The first-order chi connectivity index (χ1) is 13.5. The van der Waals surface area contributed by atoms with Crippen LogP contribution in [0.3, 0.4) is 0 Å². The molecule has 1 heterocycles. The number of epoxide rings is 1. The molecule has 1 aliphatic carbocycles. The van der Waals surface area contributed by atoms with E-state index < -0.39 is 33.8 Å². The van der Waals surface area contributed by atoms with Crippen molar-refractivity contribution in [1.82, 2.24) is 0 Å². The van der Waals surface area contributed by atoms with Crippen molar-refractivity contribution in [3.05, 3.63) is 41.5 Å². The van der Waals surface area contributed by atoms with Crippen LogP contribution in [-0.4, -0.2) is 43.2 Å². The van der Waals surface area contributed by atoms with Crippen molar-refractivity contribution in [3.63, 3.8) is 0 Å². The second-order valence-electron chi connectivity index (χ2n) is 8.74. The number of aryl methyl sites for hydroxylation is 1. The van der Waals surface area contributed by atoms with Gasteiger partial charge in [0, 0.05) is 18.8 Å². The van der Waals surface area contributed by atoms with E-state index in [-0.39, 0.29) is 36.0 Å². The zero-order valence-corrected chi connectivity index (χ0v) is 18.3. The number of carbonyl (C=O) groups is 1. The molecule has 0 unspecified atom stereocenters. The Hall–Kier alpha value is -1.54. The molecule has 0 aromatic heterocycles. The highest BCUT2D eigenvalue weighted by Crippen LogP contribution is 2.53. The summed E-state index contributed by atoms with van der Waals surface area (Å²) in [5.74, 6) is -0.459. The van der Waals surface area contributed by atoms with E-state index in [1.165, 1.54) is 17.7 Å². The third kappa shape index (κ3) is 4.79. The lowest BCUT2D eigenvalue weighted by Gasteiger charge is -2.41. The van der Waals surface area contributed by atoms with E-state index in [0.29, 0.717) is 6.42 Å². The highest BCUT2D eigenvalue weighted by atomic mass is 32.2. The number of hydrogen-bond donors (Lipinski definition) is 1. The minimum atomic E-state index is -4.01. The molecule has 4 atom stereocenters. The molecule has 2 aliphatic rings. The van der Waals surface area contributed by atoms with Crippen LogP contribution in [0.25, 0.3) is 0 Å². The van der Waals surface area contributed by atoms with Gasteiger partial charge in [0.1, 0.15) is 5.78 Å². The van der Waals surface area contributed by atoms with Crippen LogP contribution in [0, 0.1) is 12.8 Å². The molecule has 2 fully saturated rings. The lowest BCUT2D eigenvalue weighted by atomic mass is 9.68. The van der Waals surface area contributed by atoms with Crippen molar-refractivity contribution >= 4 is 15.9 Å². The van der Waals surface area contributed by atoms with Crippen LogP contribution in [0.1, 0.15) is 52.0 Å². The second-order valence-corrected chi connectivity index (χ2v) is 10.4. The number of benzene rings is 1. The lowest BCUT2D eigenvalue weighted by molar-refractivity contribution is -0.139. The van der Waals surface area contributed by atoms with Crippen LogP contribution in [-0.2, 0) is 23.8 Å². The summed E-state index contributed by atoms with van der Waals surface area (Å²) in [6, 6.07) is 6.36. The van der Waals surface area contributed by atoms with Gasteiger partial charge in [-0.15, -0.1) is 0 Å². The van der Waals surface area contributed by atoms with Crippen LogP contribution in [0.5, 0.6) is 0 Å². The number of aliphatic hydroxyl groups is 1. The average molecular weight is 423 g/mol. The van der Waals surface area contributed by atoms with Crippen molar-refractivity contribution in [2.24, 2.45) is 5.92 Å². The van der Waals surface area contributed by atoms with Gasteiger partial charge in [-0.2, -0.15) is 8.42 Å². The maximum Gasteiger partial charge on any atom is 0.297 e. The summed E-state index contributed by atoms with van der Waals surface area (Å²) in [5, 5.41) is 11.3. The standard InChI is InChI=1S/C22H30O6S/c1-15(2)5-10-20-21(4,28-20)19-13-17(23)11-12-22(19,24)14-27-29(25,26)18-8-6-16(3)7-9-18/h5-9,19-20,24H,10-14H2,1-4H3/t19-,20-,21-,22+/m1/s1. The van der Waals surface area contributed by atoms with Gasteiger partial charge in [-0.05, 0) is 52.7 Å². The highest BCUT2D eigenvalue weighted by molar-refractivity contribution is 7.86. The van der Waals surface area contributed by atoms with Crippen LogP contribution >= 0.6 is 0 Å². The number of hydrogen-bond acceptors (Lipinski definition) is 6. The SMILES string of the molecule is CC(C)=CC[C@H]1O[C@]1(C)[C@H]1CC(=O)CC[C@]1(O)COS(=O)(=O)c1ccc(C)cc1. The molecule has 160 valence electrons. The molecule has 7 heteroatoms. The van der Waals surface area contributed by atoms with E-state index in [1.54, 1.807) is 12.1 Å².